The normalized spacial score (nSPS) is 19.1. The molecule has 1 aromatic heterocycles. The first-order chi connectivity index (χ1) is 12.9. The molecule has 2 heterocycles. The average molecular weight is 497 g/mol. The van der Waals surface area contributed by atoms with Crippen LogP contribution in [-0.2, 0) is 12.0 Å². The van der Waals surface area contributed by atoms with Crippen molar-refractivity contribution in [3.63, 3.8) is 0 Å². The number of carbonyl (C=O) groups is 1. The highest BCUT2D eigenvalue weighted by Crippen LogP contribution is 2.37. The number of hydrogen-bond acceptors (Lipinski definition) is 6. The minimum Gasteiger partial charge on any atom is -0.379 e. The molecule has 0 saturated carbocycles. The van der Waals surface area contributed by atoms with Crippen LogP contribution < -0.4 is 5.73 Å². The van der Waals surface area contributed by atoms with E-state index < -0.39 is 0 Å². The van der Waals surface area contributed by atoms with Crippen LogP contribution in [0.25, 0.3) is 10.2 Å². The van der Waals surface area contributed by atoms with Crippen molar-refractivity contribution in [3.8, 4) is 0 Å². The van der Waals surface area contributed by atoms with Gasteiger partial charge in [0.05, 0.1) is 15.8 Å². The Hall–Kier alpha value is -1.41. The zero-order chi connectivity index (χ0) is 19.0. The second kappa shape index (κ2) is 8.53. The van der Waals surface area contributed by atoms with Gasteiger partial charge in [-0.3, -0.25) is 9.79 Å². The van der Waals surface area contributed by atoms with Gasteiger partial charge in [0.15, 0.2) is 16.0 Å². The van der Waals surface area contributed by atoms with E-state index in [1.807, 2.05) is 30.3 Å². The quantitative estimate of drug-likeness (QED) is 0.479. The first kappa shape index (κ1) is 21.3. The number of amidine groups is 1. The maximum Gasteiger partial charge on any atom is 0.195 e. The van der Waals surface area contributed by atoms with Gasteiger partial charge in [0.1, 0.15) is 0 Å². The molecule has 28 heavy (non-hydrogen) atoms. The minimum absolute atomic E-state index is 0. The van der Waals surface area contributed by atoms with E-state index in [9.17, 15) is 4.79 Å². The van der Waals surface area contributed by atoms with Crippen LogP contribution in [0.2, 0.25) is 0 Å². The van der Waals surface area contributed by atoms with Gasteiger partial charge in [0, 0.05) is 16.6 Å². The second-order valence-corrected chi connectivity index (χ2v) is 9.82. The average Bonchev–Trinajstić information content (AvgIpc) is 3.05. The zero-order valence-electron chi connectivity index (χ0n) is 15.1. The number of hydrogen-bond donors (Lipinski definition) is 1. The van der Waals surface area contributed by atoms with Crippen LogP contribution >= 0.6 is 51.4 Å². The summed E-state index contributed by atoms with van der Waals surface area (Å²) in [7, 11) is 0. The van der Waals surface area contributed by atoms with Gasteiger partial charge in [-0.25, -0.2) is 4.98 Å². The van der Waals surface area contributed by atoms with E-state index in [2.05, 4.69) is 45.0 Å². The van der Waals surface area contributed by atoms with E-state index in [4.69, 9.17) is 5.73 Å². The van der Waals surface area contributed by atoms with Gasteiger partial charge >= 0.3 is 0 Å². The molecule has 2 N–H and O–H groups in total. The molecule has 0 amide bonds. The number of nitrogens with zero attached hydrogens (tertiary/aromatic N) is 2. The smallest absolute Gasteiger partial charge is 0.195 e. The zero-order valence-corrected chi connectivity index (χ0v) is 19.2. The largest absolute Gasteiger partial charge is 0.379 e. The number of para-hydroxylation sites is 1. The molecule has 1 unspecified atom stereocenters. The van der Waals surface area contributed by atoms with Crippen molar-refractivity contribution < 1.29 is 4.79 Å². The van der Waals surface area contributed by atoms with Gasteiger partial charge in [-0.15, -0.1) is 23.7 Å². The first-order valence-electron chi connectivity index (χ1n) is 8.60. The number of ketones is 1. The summed E-state index contributed by atoms with van der Waals surface area (Å²) in [5.41, 5.74) is 8.51. The van der Waals surface area contributed by atoms with E-state index in [1.165, 1.54) is 11.3 Å². The van der Waals surface area contributed by atoms with Crippen LogP contribution in [0.5, 0.6) is 0 Å². The van der Waals surface area contributed by atoms with E-state index in [0.29, 0.717) is 16.6 Å². The predicted octanol–water partition coefficient (Wildman–Crippen LogP) is 5.57. The lowest BCUT2D eigenvalue weighted by atomic mass is 9.88. The number of nitrogens with two attached hydrogens (primary N) is 1. The maximum absolute atomic E-state index is 12.8. The summed E-state index contributed by atoms with van der Waals surface area (Å²) in [6.07, 6.45) is 1.23. The number of thiazole rings is 1. The van der Waals surface area contributed by atoms with E-state index >= 15 is 0 Å². The summed E-state index contributed by atoms with van der Waals surface area (Å²) in [4.78, 5) is 22.0. The molecule has 3 aromatic rings. The lowest BCUT2D eigenvalue weighted by Crippen LogP contribution is -2.29. The van der Waals surface area contributed by atoms with Crippen LogP contribution in [0.1, 0.15) is 34.3 Å². The van der Waals surface area contributed by atoms with Gasteiger partial charge in [-0.05, 0) is 48.7 Å². The topological polar surface area (TPSA) is 68.3 Å². The number of aliphatic imine (C=N–C) groups is 1. The molecule has 0 fully saturated rings. The number of thioether (sulfide) groups is 1. The molecule has 0 bridgehead atoms. The molecular formula is C20H19BrClN3OS2. The Morgan fingerprint density at radius 2 is 2.07 bits per heavy atom. The van der Waals surface area contributed by atoms with E-state index in [-0.39, 0.29) is 23.7 Å². The molecule has 0 spiro atoms. The number of Topliss-reactive ketones (excluding diaryl/α,β-unsaturated/α-hetero) is 1. The van der Waals surface area contributed by atoms with Gasteiger partial charge in [0.2, 0.25) is 0 Å². The molecule has 8 heteroatoms. The number of rotatable bonds is 4. The highest BCUT2D eigenvalue weighted by atomic mass is 79.9. The molecule has 0 radical (unpaired) electrons. The molecule has 146 valence electrons. The van der Waals surface area contributed by atoms with Crippen LogP contribution in [0.3, 0.4) is 0 Å². The fraction of sp³-hybridized carbons (Fsp3) is 0.250. The van der Waals surface area contributed by atoms with Crippen LogP contribution in [0.4, 0.5) is 0 Å². The van der Waals surface area contributed by atoms with Crippen molar-refractivity contribution in [2.45, 2.75) is 25.3 Å². The number of fused-ring (bicyclic) bond motifs is 1. The number of aromatic nitrogens is 1. The Morgan fingerprint density at radius 3 is 2.82 bits per heavy atom. The lowest BCUT2D eigenvalue weighted by Gasteiger charge is -2.30. The Labute approximate surface area is 186 Å². The summed E-state index contributed by atoms with van der Waals surface area (Å²) >= 11 is 6.62. The first-order valence-corrected chi connectivity index (χ1v) is 11.2. The Kier molecular flexibility index (Phi) is 6.49. The highest BCUT2D eigenvalue weighted by molar-refractivity contribution is 9.10. The van der Waals surface area contributed by atoms with Crippen molar-refractivity contribution >= 4 is 72.6 Å². The Morgan fingerprint density at radius 1 is 1.29 bits per heavy atom. The molecule has 0 aliphatic carbocycles. The second-order valence-electron chi connectivity index (χ2n) is 6.76. The van der Waals surface area contributed by atoms with Crippen LogP contribution in [0.15, 0.2) is 51.9 Å². The molecule has 4 rings (SSSR count). The SMILES string of the molecule is CC1(c2cc(Br)cc(CC(=O)c3nc4ccccc4s3)c2)CCSC(N)=N1.Cl. The number of halogens is 2. The molecule has 1 atom stereocenters. The summed E-state index contributed by atoms with van der Waals surface area (Å²) in [5, 5.41) is 1.18. The number of carbonyl (C=O) groups excluding carboxylic acids is 1. The highest BCUT2D eigenvalue weighted by Gasteiger charge is 2.30. The van der Waals surface area contributed by atoms with Crippen molar-refractivity contribution in [2.24, 2.45) is 10.7 Å². The summed E-state index contributed by atoms with van der Waals surface area (Å²) in [5.74, 6) is 0.978. The summed E-state index contributed by atoms with van der Waals surface area (Å²) in [6.45, 7) is 2.10. The maximum atomic E-state index is 12.8. The van der Waals surface area contributed by atoms with Crippen molar-refractivity contribution in [1.82, 2.24) is 4.98 Å². The molecule has 0 saturated heterocycles. The molecule has 1 aliphatic heterocycles. The Balaban J connectivity index is 0.00000225. The fourth-order valence-corrected chi connectivity index (χ4v) is 5.63. The lowest BCUT2D eigenvalue weighted by molar-refractivity contribution is 0.0992. The molecule has 1 aliphatic rings. The fourth-order valence-electron chi connectivity index (χ4n) is 3.21. The van der Waals surface area contributed by atoms with E-state index in [0.717, 1.165) is 38.0 Å². The van der Waals surface area contributed by atoms with Gasteiger partial charge in [0.25, 0.3) is 0 Å². The Bertz CT molecular complexity index is 1040. The molecular weight excluding hydrogens is 478 g/mol. The standard InChI is InChI=1S/C20H18BrN3OS2.ClH/c1-20(6-7-26-19(22)24-20)13-8-12(9-14(21)11-13)10-16(25)18-23-15-4-2-3-5-17(15)27-18;/h2-5,8-9,11H,6-7,10H2,1H3,(H2,22,24);1H. The van der Waals surface area contributed by atoms with E-state index in [1.54, 1.807) is 11.8 Å². The third-order valence-electron chi connectivity index (χ3n) is 4.67. The molecule has 4 nitrogen and oxygen atoms in total. The molecule has 2 aromatic carbocycles. The van der Waals surface area contributed by atoms with Crippen LogP contribution in [-0.4, -0.2) is 21.7 Å². The monoisotopic (exact) mass is 495 g/mol. The summed E-state index contributed by atoms with van der Waals surface area (Å²) in [6, 6.07) is 14.0. The van der Waals surface area contributed by atoms with Crippen molar-refractivity contribution in [3.05, 3.63) is 63.1 Å². The van der Waals surface area contributed by atoms with Crippen LogP contribution in [0, 0.1) is 0 Å². The summed E-state index contributed by atoms with van der Waals surface area (Å²) < 4.78 is 1.98. The predicted molar refractivity (Wildman–Crippen MR) is 125 cm³/mol. The van der Waals surface area contributed by atoms with Gasteiger partial charge in [-0.1, -0.05) is 45.9 Å². The third kappa shape index (κ3) is 4.43. The van der Waals surface area contributed by atoms with Gasteiger partial charge in [-0.2, -0.15) is 0 Å². The number of benzene rings is 2. The third-order valence-corrected chi connectivity index (χ3v) is 7.00. The van der Waals surface area contributed by atoms with Crippen molar-refractivity contribution in [1.29, 1.82) is 0 Å². The van der Waals surface area contributed by atoms with Crippen molar-refractivity contribution in [2.75, 3.05) is 5.75 Å². The minimum atomic E-state index is -0.354. The van der Waals surface area contributed by atoms with Gasteiger partial charge < -0.3 is 5.73 Å².